The minimum absolute atomic E-state index is 0.226. The van der Waals surface area contributed by atoms with Crippen LogP contribution in [0.1, 0.15) is 27.3 Å². The van der Waals surface area contributed by atoms with Crippen molar-refractivity contribution in [2.24, 2.45) is 7.05 Å². The molecule has 0 saturated heterocycles. The highest BCUT2D eigenvalue weighted by atomic mass is 35.5. The van der Waals surface area contributed by atoms with Crippen molar-refractivity contribution >= 4 is 40.6 Å². The number of pyridine rings is 1. The number of carboxylic acid groups (broad SMARTS) is 1. The largest absolute Gasteiger partial charge is 0.478 e. The monoisotopic (exact) mass is 327 g/mol. The van der Waals surface area contributed by atoms with Crippen LogP contribution in [0.5, 0.6) is 0 Å². The van der Waals surface area contributed by atoms with E-state index in [4.69, 9.17) is 11.6 Å². The Morgan fingerprint density at radius 1 is 1.30 bits per heavy atom. The van der Waals surface area contributed by atoms with Crippen LogP contribution in [0.25, 0.3) is 23.1 Å². The Morgan fingerprint density at radius 3 is 2.70 bits per heavy atom. The summed E-state index contributed by atoms with van der Waals surface area (Å²) < 4.78 is 1.59. The van der Waals surface area contributed by atoms with Crippen molar-refractivity contribution in [1.82, 2.24) is 14.8 Å². The summed E-state index contributed by atoms with van der Waals surface area (Å²) in [6.45, 7) is 1.86. The lowest BCUT2D eigenvalue weighted by atomic mass is 10.1. The van der Waals surface area contributed by atoms with Crippen molar-refractivity contribution in [1.29, 1.82) is 0 Å². The zero-order chi connectivity index (χ0) is 16.6. The van der Waals surface area contributed by atoms with Crippen molar-refractivity contribution in [3.63, 3.8) is 0 Å². The number of para-hydroxylation sites is 1. The van der Waals surface area contributed by atoms with E-state index in [2.05, 4.69) is 10.1 Å². The SMILES string of the molecule is Cc1nn(C)c(Cl)c1C=Cc1cc(C(=O)O)c2ccccc2n1. The minimum atomic E-state index is -0.978. The number of aromatic carboxylic acids is 1. The second-order valence-electron chi connectivity index (χ2n) is 5.16. The molecule has 23 heavy (non-hydrogen) atoms. The average molecular weight is 328 g/mol. The topological polar surface area (TPSA) is 68.0 Å². The quantitative estimate of drug-likeness (QED) is 0.794. The Kier molecular flexibility index (Phi) is 3.88. The Morgan fingerprint density at radius 2 is 2.04 bits per heavy atom. The highest BCUT2D eigenvalue weighted by Crippen LogP contribution is 2.23. The Balaban J connectivity index is 2.10. The van der Waals surface area contributed by atoms with Crippen LogP contribution in [0, 0.1) is 6.92 Å². The van der Waals surface area contributed by atoms with Crippen LogP contribution in [-0.2, 0) is 7.05 Å². The van der Waals surface area contributed by atoms with Gasteiger partial charge >= 0.3 is 5.97 Å². The van der Waals surface area contributed by atoms with Crippen LogP contribution >= 0.6 is 11.6 Å². The molecule has 6 heteroatoms. The number of aryl methyl sites for hydroxylation is 2. The third-order valence-corrected chi connectivity index (χ3v) is 4.03. The predicted octanol–water partition coefficient (Wildman–Crippen LogP) is 3.80. The molecule has 0 aliphatic heterocycles. The zero-order valence-electron chi connectivity index (χ0n) is 12.6. The van der Waals surface area contributed by atoms with Crippen LogP contribution in [0.4, 0.5) is 0 Å². The van der Waals surface area contributed by atoms with Gasteiger partial charge in [0.2, 0.25) is 0 Å². The second-order valence-corrected chi connectivity index (χ2v) is 5.52. The number of carbonyl (C=O) groups is 1. The van der Waals surface area contributed by atoms with E-state index in [1.165, 1.54) is 0 Å². The number of fused-ring (bicyclic) bond motifs is 1. The van der Waals surface area contributed by atoms with Gasteiger partial charge in [0.05, 0.1) is 22.5 Å². The lowest BCUT2D eigenvalue weighted by molar-refractivity contribution is 0.0699. The van der Waals surface area contributed by atoms with Crippen molar-refractivity contribution in [3.8, 4) is 0 Å². The van der Waals surface area contributed by atoms with Crippen LogP contribution in [-0.4, -0.2) is 25.8 Å². The van der Waals surface area contributed by atoms with E-state index in [-0.39, 0.29) is 5.56 Å². The van der Waals surface area contributed by atoms with E-state index in [0.717, 1.165) is 11.3 Å². The predicted molar refractivity (Wildman–Crippen MR) is 90.6 cm³/mol. The third kappa shape index (κ3) is 2.83. The molecule has 0 amide bonds. The average Bonchev–Trinajstić information content (AvgIpc) is 2.77. The van der Waals surface area contributed by atoms with Crippen molar-refractivity contribution < 1.29 is 9.90 Å². The molecule has 0 atom stereocenters. The Bertz CT molecular complexity index is 944. The summed E-state index contributed by atoms with van der Waals surface area (Å²) in [6.07, 6.45) is 3.54. The summed E-state index contributed by atoms with van der Waals surface area (Å²) >= 11 is 6.19. The molecule has 5 nitrogen and oxygen atoms in total. The maximum absolute atomic E-state index is 11.5. The summed E-state index contributed by atoms with van der Waals surface area (Å²) in [6, 6.07) is 8.73. The third-order valence-electron chi connectivity index (χ3n) is 3.58. The lowest BCUT2D eigenvalue weighted by Crippen LogP contribution is -2.00. The summed E-state index contributed by atoms with van der Waals surface area (Å²) in [7, 11) is 1.77. The van der Waals surface area contributed by atoms with Gasteiger partial charge in [-0.25, -0.2) is 9.78 Å². The van der Waals surface area contributed by atoms with Gasteiger partial charge in [0, 0.05) is 18.0 Å². The summed E-state index contributed by atoms with van der Waals surface area (Å²) in [4.78, 5) is 15.9. The first-order chi connectivity index (χ1) is 11.0. The van der Waals surface area contributed by atoms with E-state index < -0.39 is 5.97 Å². The molecule has 0 aliphatic carbocycles. The molecule has 0 aliphatic rings. The smallest absolute Gasteiger partial charge is 0.336 e. The van der Waals surface area contributed by atoms with E-state index in [1.54, 1.807) is 48.1 Å². The number of halogens is 1. The standard InChI is InChI=1S/C17H14ClN3O2/c1-10-12(16(18)21(2)20-10)8-7-11-9-14(17(22)23)13-5-3-4-6-15(13)19-11/h3-9H,1-2H3,(H,22,23). The maximum atomic E-state index is 11.5. The maximum Gasteiger partial charge on any atom is 0.336 e. The number of carboxylic acids is 1. The molecule has 2 aromatic heterocycles. The first-order valence-corrected chi connectivity index (χ1v) is 7.35. The molecule has 0 spiro atoms. The van der Waals surface area contributed by atoms with Gasteiger partial charge in [-0.15, -0.1) is 0 Å². The number of benzene rings is 1. The van der Waals surface area contributed by atoms with Gasteiger partial charge in [0.15, 0.2) is 0 Å². The van der Waals surface area contributed by atoms with E-state index in [0.29, 0.717) is 21.7 Å². The first-order valence-electron chi connectivity index (χ1n) is 6.97. The summed E-state index contributed by atoms with van der Waals surface area (Å²) in [5.74, 6) is -0.978. The van der Waals surface area contributed by atoms with Gasteiger partial charge in [-0.3, -0.25) is 4.68 Å². The minimum Gasteiger partial charge on any atom is -0.478 e. The molecule has 3 aromatic rings. The van der Waals surface area contributed by atoms with Gasteiger partial charge < -0.3 is 5.11 Å². The van der Waals surface area contributed by atoms with Crippen LogP contribution in [0.3, 0.4) is 0 Å². The molecule has 1 aromatic carbocycles. The number of hydrogen-bond donors (Lipinski definition) is 1. The molecular formula is C17H14ClN3O2. The molecule has 0 unspecified atom stereocenters. The Hall–Kier alpha value is -2.66. The van der Waals surface area contributed by atoms with Gasteiger partial charge in [0.1, 0.15) is 5.15 Å². The van der Waals surface area contributed by atoms with Crippen LogP contribution in [0.2, 0.25) is 5.15 Å². The fourth-order valence-electron chi connectivity index (χ4n) is 2.46. The van der Waals surface area contributed by atoms with Crippen molar-refractivity contribution in [3.05, 3.63) is 58.0 Å². The summed E-state index contributed by atoms with van der Waals surface area (Å²) in [5, 5.41) is 14.8. The molecule has 116 valence electrons. The molecule has 3 rings (SSSR count). The van der Waals surface area contributed by atoms with E-state index in [1.807, 2.05) is 13.0 Å². The highest BCUT2D eigenvalue weighted by Gasteiger charge is 2.11. The van der Waals surface area contributed by atoms with E-state index in [9.17, 15) is 9.90 Å². The van der Waals surface area contributed by atoms with Gasteiger partial charge in [0.25, 0.3) is 0 Å². The number of aromatic nitrogens is 3. The van der Waals surface area contributed by atoms with Crippen molar-refractivity contribution in [2.75, 3.05) is 0 Å². The first kappa shape index (κ1) is 15.2. The van der Waals surface area contributed by atoms with Crippen molar-refractivity contribution in [2.45, 2.75) is 6.92 Å². The molecule has 0 radical (unpaired) electrons. The molecular weight excluding hydrogens is 314 g/mol. The van der Waals surface area contributed by atoms with Gasteiger partial charge in [-0.1, -0.05) is 29.8 Å². The summed E-state index contributed by atoms with van der Waals surface area (Å²) in [5.41, 5.74) is 3.01. The molecule has 2 heterocycles. The fourth-order valence-corrected chi connectivity index (χ4v) is 2.70. The van der Waals surface area contributed by atoms with Crippen LogP contribution < -0.4 is 0 Å². The Labute approximate surface area is 137 Å². The van der Waals surface area contributed by atoms with E-state index >= 15 is 0 Å². The number of nitrogens with zero attached hydrogens (tertiary/aromatic N) is 3. The number of hydrogen-bond acceptors (Lipinski definition) is 3. The molecule has 0 bridgehead atoms. The second kappa shape index (κ2) is 5.85. The molecule has 1 N–H and O–H groups in total. The number of rotatable bonds is 3. The van der Waals surface area contributed by atoms with Crippen LogP contribution in [0.15, 0.2) is 30.3 Å². The fraction of sp³-hybridized carbons (Fsp3) is 0.118. The lowest BCUT2D eigenvalue weighted by Gasteiger charge is -2.04. The molecule has 0 saturated carbocycles. The normalized spacial score (nSPS) is 11.4. The molecule has 0 fully saturated rings. The van der Waals surface area contributed by atoms with Gasteiger partial charge in [-0.05, 0) is 31.2 Å². The zero-order valence-corrected chi connectivity index (χ0v) is 13.4. The van der Waals surface area contributed by atoms with Gasteiger partial charge in [-0.2, -0.15) is 5.10 Å². The highest BCUT2D eigenvalue weighted by molar-refractivity contribution is 6.31.